The molecular formula is C18H19O8+. The lowest BCUT2D eigenvalue weighted by Crippen LogP contribution is -2.20. The van der Waals surface area contributed by atoms with Crippen molar-refractivity contribution in [3.8, 4) is 34.5 Å². The first-order valence-electron chi connectivity index (χ1n) is 7.52. The number of phenolic OH excluding ortho intramolecular Hbond substituents is 4. The predicted molar refractivity (Wildman–Crippen MR) is 91.3 cm³/mol. The van der Waals surface area contributed by atoms with Crippen LogP contribution < -0.4 is 4.74 Å². The van der Waals surface area contributed by atoms with Crippen LogP contribution in [0.5, 0.6) is 34.5 Å². The van der Waals surface area contributed by atoms with E-state index in [0.29, 0.717) is 0 Å². The minimum atomic E-state index is -1.07. The second-order valence-electron chi connectivity index (χ2n) is 6.70. The summed E-state index contributed by atoms with van der Waals surface area (Å²) in [5, 5.41) is 46.0. The molecule has 0 heterocycles. The molecule has 26 heavy (non-hydrogen) atoms. The molecule has 0 bridgehead atoms. The van der Waals surface area contributed by atoms with E-state index in [4.69, 9.17) is 9.84 Å². The molecule has 0 aliphatic heterocycles. The summed E-state index contributed by atoms with van der Waals surface area (Å²) in [4.78, 5) is 24.5. The highest BCUT2D eigenvalue weighted by molar-refractivity contribution is 6.01. The third kappa shape index (κ3) is 3.64. The fourth-order valence-electron chi connectivity index (χ4n) is 2.13. The van der Waals surface area contributed by atoms with Crippen LogP contribution in [0.15, 0.2) is 24.3 Å². The van der Waals surface area contributed by atoms with Gasteiger partial charge in [0, 0.05) is 11.0 Å². The van der Waals surface area contributed by atoms with E-state index in [0.717, 1.165) is 24.3 Å². The maximum absolute atomic E-state index is 12.3. The molecule has 0 radical (unpaired) electrons. The Kier molecular flexibility index (Phi) is 4.71. The molecule has 0 saturated carbocycles. The number of carbonyl (C=O) groups excluding carboxylic acids is 2. The first kappa shape index (κ1) is 18.9. The summed E-state index contributed by atoms with van der Waals surface area (Å²) in [5.41, 5.74) is -1.00. The molecule has 8 heteroatoms. The fourth-order valence-corrected chi connectivity index (χ4v) is 2.13. The van der Waals surface area contributed by atoms with Crippen molar-refractivity contribution in [1.29, 1.82) is 0 Å². The average molecular weight is 363 g/mol. The number of phenols is 4. The first-order valence-corrected chi connectivity index (χ1v) is 7.52. The third-order valence-corrected chi connectivity index (χ3v) is 3.53. The topological polar surface area (TPSA) is 147 Å². The van der Waals surface area contributed by atoms with Crippen LogP contribution in [-0.4, -0.2) is 37.3 Å². The van der Waals surface area contributed by atoms with Gasteiger partial charge in [0.15, 0.2) is 23.0 Å². The molecule has 0 atom stereocenters. The normalized spacial score (nSPS) is 11.2. The van der Waals surface area contributed by atoms with Gasteiger partial charge in [0.25, 0.3) is 5.75 Å². The standard InChI is InChI=1S/C18H18O8/c1-18(2,3)16(24)8-4-12(21)15(23)13(7-8)26-17(25)9-5-10(19)14(22)11(20)6-9/h4-7,19-23H,1-3H3/p+1. The van der Waals surface area contributed by atoms with Gasteiger partial charge in [-0.3, -0.25) is 4.79 Å². The molecule has 138 valence electrons. The zero-order valence-corrected chi connectivity index (χ0v) is 14.3. The molecule has 0 aliphatic rings. The van der Waals surface area contributed by atoms with Crippen molar-refractivity contribution in [2.75, 3.05) is 0 Å². The van der Waals surface area contributed by atoms with E-state index in [9.17, 15) is 30.0 Å². The van der Waals surface area contributed by atoms with Crippen molar-refractivity contribution in [3.63, 3.8) is 0 Å². The Morgan fingerprint density at radius 1 is 0.885 bits per heavy atom. The van der Waals surface area contributed by atoms with E-state index in [2.05, 4.69) is 0 Å². The Balaban J connectivity index is 2.42. The van der Waals surface area contributed by atoms with Crippen molar-refractivity contribution in [2.24, 2.45) is 5.41 Å². The number of carbonyl (C=O) groups is 2. The summed E-state index contributed by atoms with van der Waals surface area (Å²) in [7, 11) is 0. The summed E-state index contributed by atoms with van der Waals surface area (Å²) < 4.78 is 4.99. The molecule has 6 N–H and O–H groups in total. The maximum atomic E-state index is 12.3. The van der Waals surface area contributed by atoms with Crippen LogP contribution in [0.3, 0.4) is 0 Å². The average Bonchev–Trinajstić information content (AvgIpc) is 2.54. The summed E-state index contributed by atoms with van der Waals surface area (Å²) >= 11 is 0. The smallest absolute Gasteiger partial charge is 0.344 e. The minimum absolute atomic E-state index is 0.0327. The second-order valence-corrected chi connectivity index (χ2v) is 6.70. The van der Waals surface area contributed by atoms with E-state index in [-0.39, 0.29) is 16.9 Å². The van der Waals surface area contributed by atoms with Crippen LogP contribution >= 0.6 is 0 Å². The molecule has 0 amide bonds. The largest absolute Gasteiger partial charge is 0.591 e. The highest BCUT2D eigenvalue weighted by Crippen LogP contribution is 2.39. The Morgan fingerprint density at radius 2 is 1.42 bits per heavy atom. The summed E-state index contributed by atoms with van der Waals surface area (Å²) in [5.74, 6) is -5.13. The molecule has 2 aromatic carbocycles. The number of hydrogen-bond acceptors (Lipinski definition) is 7. The van der Waals surface area contributed by atoms with Gasteiger partial charge < -0.3 is 30.3 Å². The number of rotatable bonds is 3. The molecular weight excluding hydrogens is 344 g/mol. The van der Waals surface area contributed by atoms with Crippen molar-refractivity contribution in [1.82, 2.24) is 0 Å². The van der Waals surface area contributed by atoms with Gasteiger partial charge in [0.05, 0.1) is 11.6 Å². The SMILES string of the molecule is CC(C)(C)C(=O)c1cc(O)c(O)c(OC(=O)c2cc(O)c(O)c([OH2+])c2)c1. The van der Waals surface area contributed by atoms with Gasteiger partial charge in [-0.2, -0.15) is 0 Å². The van der Waals surface area contributed by atoms with Gasteiger partial charge in [-0.15, -0.1) is 0 Å². The lowest BCUT2D eigenvalue weighted by Gasteiger charge is -2.18. The highest BCUT2D eigenvalue weighted by Gasteiger charge is 2.26. The first-order chi connectivity index (χ1) is 11.9. The Morgan fingerprint density at radius 3 is 1.96 bits per heavy atom. The van der Waals surface area contributed by atoms with Gasteiger partial charge in [-0.25, -0.2) is 4.79 Å². The molecule has 0 spiro atoms. The van der Waals surface area contributed by atoms with Crippen molar-refractivity contribution in [3.05, 3.63) is 35.4 Å². The minimum Gasteiger partial charge on any atom is -0.591 e. The predicted octanol–water partition coefficient (Wildman–Crippen LogP) is 2.39. The summed E-state index contributed by atoms with van der Waals surface area (Å²) in [6, 6.07) is 4.02. The molecule has 0 aliphatic carbocycles. The van der Waals surface area contributed by atoms with Crippen molar-refractivity contribution in [2.45, 2.75) is 20.8 Å². The van der Waals surface area contributed by atoms with Crippen LogP contribution in [0.25, 0.3) is 0 Å². The third-order valence-electron chi connectivity index (χ3n) is 3.53. The number of hydrogen-bond donors (Lipinski definition) is 4. The van der Waals surface area contributed by atoms with Gasteiger partial charge in [0.1, 0.15) is 0 Å². The molecule has 0 fully saturated rings. The van der Waals surface area contributed by atoms with E-state index in [1.165, 1.54) is 0 Å². The number of aromatic hydroxyl groups is 4. The van der Waals surface area contributed by atoms with Gasteiger partial charge >= 0.3 is 11.7 Å². The van der Waals surface area contributed by atoms with Crippen LogP contribution in [0.4, 0.5) is 0 Å². The Hall–Kier alpha value is -3.42. The van der Waals surface area contributed by atoms with Crippen LogP contribution in [0.2, 0.25) is 0 Å². The molecule has 2 rings (SSSR count). The number of esters is 1. The number of ether oxygens (including phenoxy) is 1. The fraction of sp³-hybridized carbons (Fsp3) is 0.222. The molecule has 0 aromatic heterocycles. The Bertz CT molecular complexity index is 870. The molecule has 2 aromatic rings. The number of Topliss-reactive ketones (excluding diaryl/α,β-unsaturated/α-hetero) is 1. The van der Waals surface area contributed by atoms with Gasteiger partial charge in [-0.1, -0.05) is 20.8 Å². The maximum Gasteiger partial charge on any atom is 0.344 e. The number of ketones is 1. The zero-order chi connectivity index (χ0) is 19.8. The zero-order valence-electron chi connectivity index (χ0n) is 14.3. The Labute approximate surface area is 148 Å². The monoisotopic (exact) mass is 363 g/mol. The van der Waals surface area contributed by atoms with Gasteiger partial charge in [0.2, 0.25) is 5.75 Å². The van der Waals surface area contributed by atoms with E-state index in [1.54, 1.807) is 20.8 Å². The summed E-state index contributed by atoms with van der Waals surface area (Å²) in [6.45, 7) is 5.00. The van der Waals surface area contributed by atoms with Gasteiger partial charge in [-0.05, 0) is 18.2 Å². The lowest BCUT2D eigenvalue weighted by atomic mass is 9.86. The van der Waals surface area contributed by atoms with Crippen LogP contribution in [0, 0.1) is 5.41 Å². The van der Waals surface area contributed by atoms with E-state index < -0.39 is 45.9 Å². The van der Waals surface area contributed by atoms with Crippen LogP contribution in [-0.2, 0) is 0 Å². The molecule has 0 saturated heterocycles. The number of benzene rings is 2. The summed E-state index contributed by atoms with van der Waals surface area (Å²) in [6.07, 6.45) is 0. The quantitative estimate of drug-likeness (QED) is 0.215. The van der Waals surface area contributed by atoms with Crippen molar-refractivity contribution < 1.29 is 39.9 Å². The van der Waals surface area contributed by atoms with E-state index >= 15 is 0 Å². The van der Waals surface area contributed by atoms with Crippen LogP contribution in [0.1, 0.15) is 41.5 Å². The highest BCUT2D eigenvalue weighted by atomic mass is 16.5. The molecule has 0 unspecified atom stereocenters. The molecule has 8 nitrogen and oxygen atoms in total. The van der Waals surface area contributed by atoms with Crippen molar-refractivity contribution >= 4 is 11.8 Å². The second kappa shape index (κ2) is 6.47. The lowest BCUT2D eigenvalue weighted by molar-refractivity contribution is 0.0725. The van der Waals surface area contributed by atoms with E-state index in [1.807, 2.05) is 0 Å².